The van der Waals surface area contributed by atoms with Gasteiger partial charge < -0.3 is 10.0 Å². The predicted molar refractivity (Wildman–Crippen MR) is 99.9 cm³/mol. The number of carbonyl (C=O) groups excluding carboxylic acids is 1. The average molecular weight is 394 g/mol. The Hall–Kier alpha value is -1.93. The SMILES string of the molecule is C[C@@H]1[C@H](C(=O)O)CCCN1C(=O)c1cccc(S(=O)(=O)NC2CCCC2)c1. The van der Waals surface area contributed by atoms with Gasteiger partial charge in [-0.2, -0.15) is 0 Å². The van der Waals surface area contributed by atoms with Gasteiger partial charge in [0.25, 0.3) is 5.91 Å². The van der Waals surface area contributed by atoms with E-state index in [2.05, 4.69) is 4.72 Å². The highest BCUT2D eigenvalue weighted by Crippen LogP contribution is 2.26. The van der Waals surface area contributed by atoms with E-state index in [-0.39, 0.29) is 22.4 Å². The summed E-state index contributed by atoms with van der Waals surface area (Å²) < 4.78 is 28.0. The molecule has 7 nitrogen and oxygen atoms in total. The summed E-state index contributed by atoms with van der Waals surface area (Å²) in [5.74, 6) is -1.83. The number of nitrogens with zero attached hydrogens (tertiary/aromatic N) is 1. The molecule has 0 aromatic heterocycles. The van der Waals surface area contributed by atoms with Gasteiger partial charge in [-0.25, -0.2) is 13.1 Å². The number of hydrogen-bond acceptors (Lipinski definition) is 4. The Morgan fingerprint density at radius 3 is 2.52 bits per heavy atom. The number of benzene rings is 1. The lowest BCUT2D eigenvalue weighted by Gasteiger charge is -2.37. The molecule has 2 fully saturated rings. The highest BCUT2D eigenvalue weighted by atomic mass is 32.2. The molecule has 1 saturated carbocycles. The van der Waals surface area contributed by atoms with Crippen molar-refractivity contribution in [1.82, 2.24) is 9.62 Å². The van der Waals surface area contributed by atoms with Crippen molar-refractivity contribution in [2.24, 2.45) is 5.92 Å². The zero-order valence-electron chi connectivity index (χ0n) is 15.4. The summed E-state index contributed by atoms with van der Waals surface area (Å²) in [4.78, 5) is 25.9. The van der Waals surface area contributed by atoms with Crippen molar-refractivity contribution in [3.63, 3.8) is 0 Å². The first-order valence-electron chi connectivity index (χ1n) is 9.46. The minimum Gasteiger partial charge on any atom is -0.481 e. The molecule has 0 bridgehead atoms. The molecule has 0 unspecified atom stereocenters. The van der Waals surface area contributed by atoms with Gasteiger partial charge in [0.05, 0.1) is 10.8 Å². The predicted octanol–water partition coefficient (Wildman–Crippen LogP) is 2.23. The number of hydrogen-bond donors (Lipinski definition) is 2. The number of carbonyl (C=O) groups is 2. The molecule has 0 radical (unpaired) electrons. The van der Waals surface area contributed by atoms with Crippen molar-refractivity contribution in [3.05, 3.63) is 29.8 Å². The summed E-state index contributed by atoms with van der Waals surface area (Å²) in [6.45, 7) is 2.21. The van der Waals surface area contributed by atoms with E-state index in [0.717, 1.165) is 25.7 Å². The molecule has 1 aliphatic carbocycles. The fraction of sp³-hybridized carbons (Fsp3) is 0.579. The van der Waals surface area contributed by atoms with E-state index in [9.17, 15) is 23.1 Å². The second-order valence-electron chi connectivity index (χ2n) is 7.46. The number of rotatable bonds is 5. The second kappa shape index (κ2) is 7.98. The molecule has 2 aliphatic rings. The Morgan fingerprint density at radius 1 is 1.15 bits per heavy atom. The first-order valence-corrected chi connectivity index (χ1v) is 10.9. The molecule has 1 saturated heterocycles. The molecule has 1 amide bonds. The monoisotopic (exact) mass is 394 g/mol. The number of carboxylic acid groups (broad SMARTS) is 1. The molecule has 148 valence electrons. The third-order valence-electron chi connectivity index (χ3n) is 5.63. The topological polar surface area (TPSA) is 104 Å². The highest BCUT2D eigenvalue weighted by molar-refractivity contribution is 7.89. The number of sulfonamides is 1. The van der Waals surface area contributed by atoms with Gasteiger partial charge in [0.2, 0.25) is 10.0 Å². The normalized spacial score (nSPS) is 24.1. The van der Waals surface area contributed by atoms with Gasteiger partial charge in [0.15, 0.2) is 0 Å². The van der Waals surface area contributed by atoms with E-state index < -0.39 is 28.0 Å². The molecule has 1 aliphatic heterocycles. The second-order valence-corrected chi connectivity index (χ2v) is 9.17. The fourth-order valence-corrected chi connectivity index (χ4v) is 5.40. The largest absolute Gasteiger partial charge is 0.481 e. The maximum Gasteiger partial charge on any atom is 0.308 e. The van der Waals surface area contributed by atoms with Gasteiger partial charge in [0, 0.05) is 24.2 Å². The number of likely N-dealkylation sites (tertiary alicyclic amines) is 1. The highest BCUT2D eigenvalue weighted by Gasteiger charge is 2.36. The first kappa shape index (κ1) is 19.8. The summed E-state index contributed by atoms with van der Waals surface area (Å²) in [6.07, 6.45) is 4.86. The molecule has 3 rings (SSSR count). The first-order chi connectivity index (χ1) is 12.8. The minimum absolute atomic E-state index is 0.0483. The third-order valence-corrected chi connectivity index (χ3v) is 7.15. The minimum atomic E-state index is -3.68. The van der Waals surface area contributed by atoms with Crippen molar-refractivity contribution in [2.75, 3.05) is 6.54 Å². The Balaban J connectivity index is 1.80. The van der Waals surface area contributed by atoms with E-state index in [0.29, 0.717) is 19.4 Å². The Bertz CT molecular complexity index is 817. The van der Waals surface area contributed by atoms with Crippen LogP contribution in [-0.4, -0.2) is 48.9 Å². The van der Waals surface area contributed by atoms with E-state index >= 15 is 0 Å². The average Bonchev–Trinajstić information content (AvgIpc) is 3.13. The van der Waals surface area contributed by atoms with Crippen LogP contribution in [0.4, 0.5) is 0 Å². The van der Waals surface area contributed by atoms with Crippen LogP contribution >= 0.6 is 0 Å². The molecular weight excluding hydrogens is 368 g/mol. The summed E-state index contributed by atoms with van der Waals surface area (Å²) in [5, 5.41) is 9.34. The quantitative estimate of drug-likeness (QED) is 0.797. The van der Waals surface area contributed by atoms with Gasteiger partial charge in [-0.3, -0.25) is 9.59 Å². The van der Waals surface area contributed by atoms with Gasteiger partial charge in [-0.05, 0) is 50.8 Å². The number of piperidine rings is 1. The number of aliphatic carboxylic acids is 1. The van der Waals surface area contributed by atoms with Gasteiger partial charge in [-0.15, -0.1) is 0 Å². The van der Waals surface area contributed by atoms with E-state index in [1.165, 1.54) is 12.1 Å². The standard InChI is InChI=1S/C19H26N2O5S/c1-13-17(19(23)24)10-5-11-21(13)18(22)14-6-4-9-16(12-14)27(25,26)20-15-7-2-3-8-15/h4,6,9,12-13,15,17,20H,2-3,5,7-8,10-11H2,1H3,(H,23,24)/t13-,17-/m1/s1. The van der Waals surface area contributed by atoms with E-state index in [4.69, 9.17) is 0 Å². The Labute approximate surface area is 159 Å². The number of amides is 1. The summed E-state index contributed by atoms with van der Waals surface area (Å²) in [6, 6.07) is 5.52. The van der Waals surface area contributed by atoms with Crippen LogP contribution in [0.5, 0.6) is 0 Å². The van der Waals surface area contributed by atoms with Crippen LogP contribution in [0.3, 0.4) is 0 Å². The number of carboxylic acids is 1. The van der Waals surface area contributed by atoms with Gasteiger partial charge in [-0.1, -0.05) is 18.9 Å². The van der Waals surface area contributed by atoms with Crippen molar-refractivity contribution >= 4 is 21.9 Å². The van der Waals surface area contributed by atoms with Crippen molar-refractivity contribution in [2.45, 2.75) is 62.4 Å². The van der Waals surface area contributed by atoms with Crippen molar-refractivity contribution in [1.29, 1.82) is 0 Å². The van der Waals surface area contributed by atoms with Crippen molar-refractivity contribution < 1.29 is 23.1 Å². The van der Waals surface area contributed by atoms with Crippen LogP contribution in [0, 0.1) is 5.92 Å². The Kier molecular flexibility index (Phi) is 5.86. The zero-order chi connectivity index (χ0) is 19.6. The van der Waals surface area contributed by atoms with Crippen LogP contribution in [0.25, 0.3) is 0 Å². The summed E-state index contributed by atoms with van der Waals surface area (Å²) in [7, 11) is -3.68. The van der Waals surface area contributed by atoms with Crippen LogP contribution in [0.15, 0.2) is 29.2 Å². The maximum atomic E-state index is 12.9. The lowest BCUT2D eigenvalue weighted by Crippen LogP contribution is -2.49. The van der Waals surface area contributed by atoms with Crippen LogP contribution in [0.1, 0.15) is 55.8 Å². The molecule has 1 heterocycles. The maximum absolute atomic E-state index is 12.9. The van der Waals surface area contributed by atoms with Gasteiger partial charge in [0.1, 0.15) is 0 Å². The Morgan fingerprint density at radius 2 is 1.85 bits per heavy atom. The zero-order valence-corrected chi connectivity index (χ0v) is 16.2. The van der Waals surface area contributed by atoms with Crippen LogP contribution in [0.2, 0.25) is 0 Å². The molecule has 8 heteroatoms. The van der Waals surface area contributed by atoms with Crippen LogP contribution in [-0.2, 0) is 14.8 Å². The molecule has 2 N–H and O–H groups in total. The van der Waals surface area contributed by atoms with Crippen molar-refractivity contribution in [3.8, 4) is 0 Å². The molecular formula is C19H26N2O5S. The van der Waals surface area contributed by atoms with E-state index in [1.54, 1.807) is 24.0 Å². The fourth-order valence-electron chi connectivity index (χ4n) is 4.05. The summed E-state index contributed by atoms with van der Waals surface area (Å²) in [5.41, 5.74) is 0.266. The molecule has 0 spiro atoms. The summed E-state index contributed by atoms with van der Waals surface area (Å²) >= 11 is 0. The smallest absolute Gasteiger partial charge is 0.308 e. The molecule has 2 atom stereocenters. The number of nitrogens with one attached hydrogen (secondary N) is 1. The third kappa shape index (κ3) is 4.32. The molecule has 1 aromatic rings. The lowest BCUT2D eigenvalue weighted by molar-refractivity contribution is -0.144. The van der Waals surface area contributed by atoms with E-state index in [1.807, 2.05) is 0 Å². The van der Waals surface area contributed by atoms with Crippen LogP contribution < -0.4 is 4.72 Å². The lowest BCUT2D eigenvalue weighted by atomic mass is 9.90. The van der Waals surface area contributed by atoms with Gasteiger partial charge >= 0.3 is 5.97 Å². The molecule has 27 heavy (non-hydrogen) atoms. The molecule has 1 aromatic carbocycles.